The molecule has 5 aliphatic rings. The van der Waals surface area contributed by atoms with Gasteiger partial charge in [0, 0.05) is 25.3 Å². The highest BCUT2D eigenvalue weighted by Gasteiger charge is 2.55. The molecular weight excluding hydrogens is 444 g/mol. The van der Waals surface area contributed by atoms with Crippen LogP contribution in [0.5, 0.6) is 5.75 Å². The Hall–Kier alpha value is -2.69. The molecule has 0 bridgehead atoms. The van der Waals surface area contributed by atoms with E-state index in [0.29, 0.717) is 11.3 Å². The van der Waals surface area contributed by atoms with Gasteiger partial charge in [0.05, 0.1) is 5.69 Å². The Morgan fingerprint density at radius 3 is 2.46 bits per heavy atom. The van der Waals surface area contributed by atoms with Crippen LogP contribution in [0, 0.1) is 5.41 Å². The SMILES string of the molecule is O=C([C@H]1CCCO1)N1CCC2(CC1)C[C@H]2c1ccc(C2Nc3cc(C4NNNN4)ccc3O2)cc1. The van der Waals surface area contributed by atoms with Crippen molar-refractivity contribution >= 4 is 11.6 Å². The Kier molecular flexibility index (Phi) is 5.22. The van der Waals surface area contributed by atoms with Crippen molar-refractivity contribution in [3.05, 3.63) is 59.2 Å². The lowest BCUT2D eigenvalue weighted by atomic mass is 9.88. The van der Waals surface area contributed by atoms with Crippen molar-refractivity contribution in [2.45, 2.75) is 56.5 Å². The summed E-state index contributed by atoms with van der Waals surface area (Å²) in [6.45, 7) is 2.46. The fraction of sp³-hybridized carbons (Fsp3) is 0.500. The van der Waals surface area contributed by atoms with Gasteiger partial charge in [0.25, 0.3) is 5.91 Å². The zero-order chi connectivity index (χ0) is 23.4. The van der Waals surface area contributed by atoms with Gasteiger partial charge in [0.2, 0.25) is 0 Å². The summed E-state index contributed by atoms with van der Waals surface area (Å²) in [5, 5.41) is 3.51. The summed E-state index contributed by atoms with van der Waals surface area (Å²) < 4.78 is 11.8. The largest absolute Gasteiger partial charge is 0.464 e. The predicted molar refractivity (Wildman–Crippen MR) is 130 cm³/mol. The van der Waals surface area contributed by atoms with Crippen molar-refractivity contribution in [2.75, 3.05) is 25.0 Å². The summed E-state index contributed by atoms with van der Waals surface area (Å²) >= 11 is 0. The first-order chi connectivity index (χ1) is 17.2. The summed E-state index contributed by atoms with van der Waals surface area (Å²) in [6.07, 6.45) is 4.92. The predicted octanol–water partition coefficient (Wildman–Crippen LogP) is 2.58. The lowest BCUT2D eigenvalue weighted by Gasteiger charge is -2.34. The van der Waals surface area contributed by atoms with Crippen LogP contribution in [0.1, 0.15) is 67.1 Å². The highest BCUT2D eigenvalue weighted by atomic mass is 16.5. The third-order valence-electron chi connectivity index (χ3n) is 8.47. The number of benzene rings is 2. The van der Waals surface area contributed by atoms with E-state index < -0.39 is 0 Å². The third-order valence-corrected chi connectivity index (χ3v) is 8.47. The van der Waals surface area contributed by atoms with Gasteiger partial charge in [-0.05, 0) is 66.7 Å². The Morgan fingerprint density at radius 1 is 0.971 bits per heavy atom. The quantitative estimate of drug-likeness (QED) is 0.459. The number of piperidine rings is 1. The Balaban J connectivity index is 0.969. The van der Waals surface area contributed by atoms with Crippen LogP contribution in [0.25, 0.3) is 0 Å². The minimum Gasteiger partial charge on any atom is -0.464 e. The first-order valence-electron chi connectivity index (χ1n) is 12.8. The number of carbonyl (C=O) groups is 1. The van der Waals surface area contributed by atoms with Crippen LogP contribution in [0.2, 0.25) is 0 Å². The number of rotatable bonds is 4. The molecule has 5 N–H and O–H groups in total. The van der Waals surface area contributed by atoms with Gasteiger partial charge >= 0.3 is 0 Å². The Morgan fingerprint density at radius 2 is 1.71 bits per heavy atom. The lowest BCUT2D eigenvalue weighted by molar-refractivity contribution is -0.142. The molecule has 9 heteroatoms. The summed E-state index contributed by atoms with van der Waals surface area (Å²) in [4.78, 5) is 14.7. The topological polar surface area (TPSA) is 98.9 Å². The number of ether oxygens (including phenoxy) is 2. The molecule has 3 saturated heterocycles. The number of amides is 1. The van der Waals surface area contributed by atoms with Gasteiger partial charge in [-0.1, -0.05) is 30.3 Å². The van der Waals surface area contributed by atoms with Crippen LogP contribution in [-0.4, -0.2) is 36.6 Å². The number of hydrogen-bond acceptors (Lipinski definition) is 8. The standard InChI is InChI=1S/C26H32N6O3/c33-25(22-2-1-13-34-22)32-11-9-26(10-12-32)15-19(26)16-3-5-17(6-4-16)24-27-20-14-18(7-8-21(20)35-24)23-28-30-31-29-23/h3-8,14,19,22-24,27-31H,1-2,9-13,15H2/t19-,22+,24?/m0/s1. The highest BCUT2D eigenvalue weighted by Crippen LogP contribution is 2.65. The van der Waals surface area contributed by atoms with E-state index in [1.807, 2.05) is 11.0 Å². The molecule has 7 rings (SSSR count). The van der Waals surface area contributed by atoms with Gasteiger partial charge in [-0.15, -0.1) is 0 Å². The van der Waals surface area contributed by atoms with E-state index in [-0.39, 0.29) is 24.4 Å². The van der Waals surface area contributed by atoms with E-state index in [9.17, 15) is 4.79 Å². The minimum absolute atomic E-state index is 0.00711. The van der Waals surface area contributed by atoms with E-state index in [1.54, 1.807) is 0 Å². The molecule has 4 fully saturated rings. The number of fused-ring (bicyclic) bond motifs is 1. The maximum Gasteiger partial charge on any atom is 0.251 e. The summed E-state index contributed by atoms with van der Waals surface area (Å²) in [6, 6.07) is 15.1. The van der Waals surface area contributed by atoms with Crippen LogP contribution in [-0.2, 0) is 9.53 Å². The molecule has 9 nitrogen and oxygen atoms in total. The van der Waals surface area contributed by atoms with Gasteiger partial charge in [0.1, 0.15) is 18.0 Å². The van der Waals surface area contributed by atoms with Crippen LogP contribution in [0.3, 0.4) is 0 Å². The zero-order valence-electron chi connectivity index (χ0n) is 19.7. The molecule has 35 heavy (non-hydrogen) atoms. The lowest BCUT2D eigenvalue weighted by Crippen LogP contribution is -2.44. The van der Waals surface area contributed by atoms with Gasteiger partial charge in [-0.2, -0.15) is 11.1 Å². The molecule has 1 aliphatic carbocycles. The van der Waals surface area contributed by atoms with E-state index in [1.165, 1.54) is 12.0 Å². The maximum absolute atomic E-state index is 12.7. The van der Waals surface area contributed by atoms with Gasteiger partial charge < -0.3 is 19.7 Å². The number of carbonyl (C=O) groups excluding carboxylic acids is 1. The molecule has 0 aromatic heterocycles. The summed E-state index contributed by atoms with van der Waals surface area (Å²) in [5.41, 5.74) is 16.9. The molecule has 2 aromatic rings. The first kappa shape index (κ1) is 21.6. The molecule has 1 saturated carbocycles. The molecule has 4 aliphatic heterocycles. The number of anilines is 1. The number of nitrogens with one attached hydrogen (secondary N) is 5. The average molecular weight is 477 g/mol. The van der Waals surface area contributed by atoms with Gasteiger partial charge in [-0.25, -0.2) is 10.9 Å². The van der Waals surface area contributed by atoms with Gasteiger partial charge in [0.15, 0.2) is 6.23 Å². The fourth-order valence-corrected chi connectivity index (χ4v) is 6.23. The average Bonchev–Trinajstić information content (AvgIpc) is 3.44. The normalized spacial score (nSPS) is 29.1. The molecule has 3 atom stereocenters. The fourth-order valence-electron chi connectivity index (χ4n) is 6.23. The molecule has 1 unspecified atom stereocenters. The van der Waals surface area contributed by atoms with E-state index in [4.69, 9.17) is 9.47 Å². The van der Waals surface area contributed by atoms with Gasteiger partial charge in [-0.3, -0.25) is 4.79 Å². The molecule has 2 aromatic carbocycles. The Bertz CT molecular complexity index is 1100. The first-order valence-corrected chi connectivity index (χ1v) is 12.8. The molecular formula is C26H32N6O3. The second-order valence-electron chi connectivity index (χ2n) is 10.5. The second-order valence-corrected chi connectivity index (χ2v) is 10.5. The van der Waals surface area contributed by atoms with Crippen LogP contribution in [0.4, 0.5) is 5.69 Å². The molecule has 184 valence electrons. The van der Waals surface area contributed by atoms with E-state index in [0.717, 1.165) is 67.9 Å². The summed E-state index contributed by atoms with van der Waals surface area (Å²) in [7, 11) is 0. The van der Waals surface area contributed by atoms with Crippen molar-refractivity contribution < 1.29 is 14.3 Å². The monoisotopic (exact) mass is 476 g/mol. The second kappa shape index (κ2) is 8.46. The number of likely N-dealkylation sites (tertiary alicyclic amines) is 1. The maximum atomic E-state index is 12.7. The molecule has 4 heterocycles. The summed E-state index contributed by atoms with van der Waals surface area (Å²) in [5.74, 6) is 1.68. The molecule has 1 spiro atoms. The van der Waals surface area contributed by atoms with Crippen LogP contribution >= 0.6 is 0 Å². The van der Waals surface area contributed by atoms with Crippen molar-refractivity contribution in [2.24, 2.45) is 5.41 Å². The van der Waals surface area contributed by atoms with Crippen molar-refractivity contribution in [3.63, 3.8) is 0 Å². The smallest absolute Gasteiger partial charge is 0.251 e. The van der Waals surface area contributed by atoms with E-state index in [2.05, 4.69) is 63.6 Å². The van der Waals surface area contributed by atoms with Crippen LogP contribution < -0.4 is 32.0 Å². The Labute approximate surface area is 204 Å². The van der Waals surface area contributed by atoms with Crippen molar-refractivity contribution in [1.29, 1.82) is 0 Å². The zero-order valence-corrected chi connectivity index (χ0v) is 19.7. The number of hydrogen-bond donors (Lipinski definition) is 5. The minimum atomic E-state index is -0.194. The third kappa shape index (κ3) is 3.88. The number of nitrogens with zero attached hydrogens (tertiary/aromatic N) is 1. The van der Waals surface area contributed by atoms with Crippen molar-refractivity contribution in [3.8, 4) is 5.75 Å². The molecule has 1 amide bonds. The van der Waals surface area contributed by atoms with Crippen LogP contribution in [0.15, 0.2) is 42.5 Å². The highest BCUT2D eigenvalue weighted by molar-refractivity contribution is 5.81. The van der Waals surface area contributed by atoms with E-state index >= 15 is 0 Å². The van der Waals surface area contributed by atoms with Crippen molar-refractivity contribution in [1.82, 2.24) is 26.8 Å². The number of hydrazine groups is 3. The molecule has 0 radical (unpaired) electrons.